The zero-order chi connectivity index (χ0) is 16.5. The number of rotatable bonds is 3. The number of benzene rings is 2. The molecular weight excluding hydrogens is 320 g/mol. The molecule has 2 aromatic carbocycles. The first kappa shape index (κ1) is 14.7. The molecule has 116 valence electrons. The van der Waals surface area contributed by atoms with Crippen LogP contribution in [0.15, 0.2) is 79.0 Å². The molecule has 0 saturated carbocycles. The summed E-state index contributed by atoms with van der Waals surface area (Å²) in [5, 5.41) is 0.427. The molecule has 0 aliphatic rings. The number of carbonyl (C=O) groups is 1. The summed E-state index contributed by atoms with van der Waals surface area (Å²) < 4.78 is 1.81. The molecule has 0 aliphatic carbocycles. The van der Waals surface area contributed by atoms with Crippen molar-refractivity contribution in [3.8, 4) is 11.3 Å². The molecule has 0 aliphatic heterocycles. The summed E-state index contributed by atoms with van der Waals surface area (Å²) in [4.78, 5) is 17.6. The van der Waals surface area contributed by atoms with Crippen LogP contribution in [0.3, 0.4) is 0 Å². The average Bonchev–Trinajstić information content (AvgIpc) is 3.02. The molecule has 0 fully saturated rings. The predicted octanol–water partition coefficient (Wildman–Crippen LogP) is 4.89. The first-order valence-electron chi connectivity index (χ1n) is 7.57. The third-order valence-electron chi connectivity index (χ3n) is 3.92. The third kappa shape index (κ3) is 2.39. The second-order valence-corrected chi connectivity index (χ2v) is 5.82. The Balaban J connectivity index is 1.94. The van der Waals surface area contributed by atoms with Gasteiger partial charge in [-0.3, -0.25) is 9.20 Å². The molecule has 0 atom stereocenters. The Hall–Kier alpha value is -2.91. The summed E-state index contributed by atoms with van der Waals surface area (Å²) in [6.45, 7) is 0. The number of imidazole rings is 1. The van der Waals surface area contributed by atoms with Gasteiger partial charge in [-0.15, -0.1) is 0 Å². The lowest BCUT2D eigenvalue weighted by Gasteiger charge is -2.02. The van der Waals surface area contributed by atoms with E-state index in [4.69, 9.17) is 11.6 Å². The highest BCUT2D eigenvalue weighted by Crippen LogP contribution is 2.27. The Morgan fingerprint density at radius 1 is 0.875 bits per heavy atom. The number of pyridine rings is 1. The van der Waals surface area contributed by atoms with Crippen molar-refractivity contribution >= 4 is 22.9 Å². The zero-order valence-corrected chi connectivity index (χ0v) is 13.4. The molecule has 0 amide bonds. The van der Waals surface area contributed by atoms with Crippen molar-refractivity contribution in [1.82, 2.24) is 9.38 Å². The van der Waals surface area contributed by atoms with Crippen molar-refractivity contribution in [1.29, 1.82) is 0 Å². The van der Waals surface area contributed by atoms with Crippen LogP contribution >= 0.6 is 11.6 Å². The van der Waals surface area contributed by atoms with Crippen LogP contribution in [-0.2, 0) is 0 Å². The number of ketones is 1. The maximum atomic E-state index is 13.0. The molecule has 3 nitrogen and oxygen atoms in total. The minimum atomic E-state index is -0.191. The third-order valence-corrected chi connectivity index (χ3v) is 4.25. The lowest BCUT2D eigenvalue weighted by atomic mass is 10.1. The van der Waals surface area contributed by atoms with Gasteiger partial charge in [-0.25, -0.2) is 4.98 Å². The highest BCUT2D eigenvalue weighted by atomic mass is 35.5. The molecule has 0 bridgehead atoms. The van der Waals surface area contributed by atoms with Crippen LogP contribution in [0.4, 0.5) is 0 Å². The van der Waals surface area contributed by atoms with Gasteiger partial charge >= 0.3 is 0 Å². The summed E-state index contributed by atoms with van der Waals surface area (Å²) >= 11 is 6.19. The molecule has 4 rings (SSSR count). The first-order chi connectivity index (χ1) is 11.8. The summed E-state index contributed by atoms with van der Waals surface area (Å²) in [6, 6.07) is 22.7. The van der Waals surface area contributed by atoms with Gasteiger partial charge in [0.1, 0.15) is 0 Å². The van der Waals surface area contributed by atoms with Gasteiger partial charge in [0.25, 0.3) is 0 Å². The minimum absolute atomic E-state index is 0.191. The van der Waals surface area contributed by atoms with Crippen LogP contribution in [-0.4, -0.2) is 15.2 Å². The molecule has 4 aromatic rings. The number of halogens is 1. The summed E-state index contributed by atoms with van der Waals surface area (Å²) in [6.07, 6.45) is 1.85. The Morgan fingerprint density at radius 3 is 2.38 bits per heavy atom. The van der Waals surface area contributed by atoms with Gasteiger partial charge in [-0.1, -0.05) is 60.1 Å². The van der Waals surface area contributed by atoms with Crippen molar-refractivity contribution in [2.24, 2.45) is 0 Å². The van der Waals surface area contributed by atoms with Gasteiger partial charge in [-0.05, 0) is 24.3 Å². The number of hydrogen-bond donors (Lipinski definition) is 0. The normalized spacial score (nSPS) is 10.9. The number of nitrogens with zero attached hydrogens (tertiary/aromatic N) is 2. The van der Waals surface area contributed by atoms with Gasteiger partial charge in [0.05, 0.1) is 16.2 Å². The lowest BCUT2D eigenvalue weighted by Crippen LogP contribution is -2.07. The quantitative estimate of drug-likeness (QED) is 0.501. The van der Waals surface area contributed by atoms with Crippen LogP contribution in [0, 0.1) is 0 Å². The molecule has 2 heterocycles. The van der Waals surface area contributed by atoms with E-state index >= 15 is 0 Å². The molecule has 0 unspecified atom stereocenters. The van der Waals surface area contributed by atoms with Gasteiger partial charge in [0.15, 0.2) is 5.82 Å². The van der Waals surface area contributed by atoms with E-state index in [1.807, 2.05) is 59.1 Å². The Kier molecular flexibility index (Phi) is 3.63. The van der Waals surface area contributed by atoms with E-state index in [-0.39, 0.29) is 5.78 Å². The fourth-order valence-corrected chi connectivity index (χ4v) is 2.99. The Bertz CT molecular complexity index is 1040. The van der Waals surface area contributed by atoms with Gasteiger partial charge in [-0.2, -0.15) is 0 Å². The van der Waals surface area contributed by atoms with Crippen molar-refractivity contribution in [3.63, 3.8) is 0 Å². The number of hydrogen-bond acceptors (Lipinski definition) is 2. The van der Waals surface area contributed by atoms with Crippen LogP contribution in [0.25, 0.3) is 16.8 Å². The standard InChI is InChI=1S/C20H13ClN2O/c21-16-11-5-4-10-15(16)19(24)20-22-18(14-8-2-1-3-9-14)17-12-6-7-13-23(17)20/h1-13H. The van der Waals surface area contributed by atoms with Crippen LogP contribution in [0.2, 0.25) is 5.02 Å². The molecule has 4 heteroatoms. The Labute approximate surface area is 144 Å². The monoisotopic (exact) mass is 332 g/mol. The second kappa shape index (κ2) is 5.95. The molecule has 0 N–H and O–H groups in total. The minimum Gasteiger partial charge on any atom is -0.296 e. The number of aromatic nitrogens is 2. The fourth-order valence-electron chi connectivity index (χ4n) is 2.77. The highest BCUT2D eigenvalue weighted by molar-refractivity contribution is 6.34. The maximum Gasteiger partial charge on any atom is 0.230 e. The SMILES string of the molecule is O=C(c1ccccc1Cl)c1nc(-c2ccccc2)c2ccccn12. The predicted molar refractivity (Wildman–Crippen MR) is 95.5 cm³/mol. The fraction of sp³-hybridized carbons (Fsp3) is 0. The van der Waals surface area contributed by atoms with Crippen LogP contribution < -0.4 is 0 Å². The van der Waals surface area contributed by atoms with Gasteiger partial charge in [0, 0.05) is 17.3 Å². The van der Waals surface area contributed by atoms with Gasteiger partial charge in [0.2, 0.25) is 5.78 Å². The smallest absolute Gasteiger partial charge is 0.230 e. The van der Waals surface area contributed by atoms with Crippen LogP contribution in [0.5, 0.6) is 0 Å². The number of carbonyl (C=O) groups excluding carboxylic acids is 1. The van der Waals surface area contributed by atoms with Crippen LogP contribution in [0.1, 0.15) is 16.2 Å². The van der Waals surface area contributed by atoms with Crippen molar-refractivity contribution in [3.05, 3.63) is 95.4 Å². The zero-order valence-electron chi connectivity index (χ0n) is 12.7. The van der Waals surface area contributed by atoms with E-state index in [2.05, 4.69) is 4.98 Å². The van der Waals surface area contributed by atoms with Crippen molar-refractivity contribution in [2.75, 3.05) is 0 Å². The van der Waals surface area contributed by atoms with E-state index in [0.717, 1.165) is 16.8 Å². The second-order valence-electron chi connectivity index (χ2n) is 5.41. The van der Waals surface area contributed by atoms with Crippen molar-refractivity contribution in [2.45, 2.75) is 0 Å². The van der Waals surface area contributed by atoms with E-state index in [9.17, 15) is 4.79 Å². The van der Waals surface area contributed by atoms with E-state index < -0.39 is 0 Å². The summed E-state index contributed by atoms with van der Waals surface area (Å²) in [7, 11) is 0. The van der Waals surface area contributed by atoms with Gasteiger partial charge < -0.3 is 0 Å². The molecule has 0 saturated heterocycles. The summed E-state index contributed by atoms with van der Waals surface area (Å²) in [5.41, 5.74) is 3.10. The average molecular weight is 333 g/mol. The summed E-state index contributed by atoms with van der Waals surface area (Å²) in [5.74, 6) is 0.168. The highest BCUT2D eigenvalue weighted by Gasteiger charge is 2.20. The van der Waals surface area contributed by atoms with Crippen molar-refractivity contribution < 1.29 is 4.79 Å². The van der Waals surface area contributed by atoms with E-state index in [1.165, 1.54) is 0 Å². The molecular formula is C20H13ClN2O. The topological polar surface area (TPSA) is 34.4 Å². The molecule has 0 spiro atoms. The first-order valence-corrected chi connectivity index (χ1v) is 7.95. The largest absolute Gasteiger partial charge is 0.296 e. The Morgan fingerprint density at radius 2 is 1.58 bits per heavy atom. The molecule has 2 aromatic heterocycles. The van der Waals surface area contributed by atoms with E-state index in [1.54, 1.807) is 24.3 Å². The molecule has 0 radical (unpaired) electrons. The maximum absolute atomic E-state index is 13.0. The molecule has 24 heavy (non-hydrogen) atoms. The van der Waals surface area contributed by atoms with E-state index in [0.29, 0.717) is 16.4 Å². The lowest BCUT2D eigenvalue weighted by molar-refractivity contribution is 0.102. The number of fused-ring (bicyclic) bond motifs is 1.